The Balaban J connectivity index is 1.60. The molecule has 0 spiro atoms. The SMILES string of the molecule is CN(C)S(=O)(=O)c1ccccc1CNC(=O)CO/N=C(/N)c1cccnc1Oc1ccccc1. The highest BCUT2D eigenvalue weighted by Crippen LogP contribution is 2.22. The number of nitrogens with zero attached hydrogens (tertiary/aromatic N) is 3. The van der Waals surface area contributed by atoms with E-state index in [1.807, 2.05) is 18.2 Å². The summed E-state index contributed by atoms with van der Waals surface area (Å²) in [4.78, 5) is 21.6. The molecule has 178 valence electrons. The number of aromatic nitrogens is 1. The van der Waals surface area contributed by atoms with E-state index in [0.29, 0.717) is 16.9 Å². The van der Waals surface area contributed by atoms with Crippen molar-refractivity contribution in [3.8, 4) is 11.6 Å². The molecule has 0 saturated heterocycles. The molecule has 10 nitrogen and oxygen atoms in total. The van der Waals surface area contributed by atoms with Crippen molar-refractivity contribution in [1.82, 2.24) is 14.6 Å². The van der Waals surface area contributed by atoms with Gasteiger partial charge in [0, 0.05) is 26.8 Å². The molecular formula is C23H25N5O5S. The summed E-state index contributed by atoms with van der Waals surface area (Å²) in [5, 5.41) is 6.40. The summed E-state index contributed by atoms with van der Waals surface area (Å²) >= 11 is 0. The van der Waals surface area contributed by atoms with Crippen LogP contribution in [-0.4, -0.2) is 50.2 Å². The highest BCUT2D eigenvalue weighted by Gasteiger charge is 2.20. The molecule has 11 heteroatoms. The molecule has 2 aromatic carbocycles. The third kappa shape index (κ3) is 6.30. The van der Waals surface area contributed by atoms with E-state index in [9.17, 15) is 13.2 Å². The molecule has 0 atom stereocenters. The summed E-state index contributed by atoms with van der Waals surface area (Å²) in [5.74, 6) is 0.295. The summed E-state index contributed by atoms with van der Waals surface area (Å²) in [7, 11) is -0.759. The van der Waals surface area contributed by atoms with Crippen LogP contribution < -0.4 is 15.8 Å². The van der Waals surface area contributed by atoms with Crippen LogP contribution in [0, 0.1) is 0 Å². The van der Waals surface area contributed by atoms with Crippen LogP contribution in [0.3, 0.4) is 0 Å². The van der Waals surface area contributed by atoms with E-state index in [4.69, 9.17) is 15.3 Å². The molecule has 34 heavy (non-hydrogen) atoms. The van der Waals surface area contributed by atoms with Gasteiger partial charge >= 0.3 is 0 Å². The van der Waals surface area contributed by atoms with Crippen LogP contribution in [0.5, 0.6) is 11.6 Å². The van der Waals surface area contributed by atoms with Gasteiger partial charge in [-0.15, -0.1) is 0 Å². The summed E-state index contributed by atoms with van der Waals surface area (Å²) in [6.07, 6.45) is 1.55. The monoisotopic (exact) mass is 483 g/mol. The average Bonchev–Trinajstić information content (AvgIpc) is 2.83. The maximum atomic E-state index is 12.5. The van der Waals surface area contributed by atoms with Gasteiger partial charge in [-0.05, 0) is 35.9 Å². The van der Waals surface area contributed by atoms with Crippen LogP contribution in [0.1, 0.15) is 11.1 Å². The van der Waals surface area contributed by atoms with Crippen molar-refractivity contribution in [2.24, 2.45) is 10.9 Å². The lowest BCUT2D eigenvalue weighted by Crippen LogP contribution is -2.29. The quantitative estimate of drug-likeness (QED) is 0.256. The number of hydrogen-bond donors (Lipinski definition) is 2. The first-order valence-electron chi connectivity index (χ1n) is 10.2. The fourth-order valence-corrected chi connectivity index (χ4v) is 3.94. The Morgan fingerprint density at radius 3 is 2.50 bits per heavy atom. The van der Waals surface area contributed by atoms with Crippen molar-refractivity contribution in [3.63, 3.8) is 0 Å². The van der Waals surface area contributed by atoms with Gasteiger partial charge in [0.25, 0.3) is 5.91 Å². The summed E-state index contributed by atoms with van der Waals surface area (Å²) in [6.45, 7) is -0.416. The standard InChI is InChI=1S/C23H25N5O5S/c1-28(2)34(30,31)20-13-7-6-9-17(20)15-26-21(29)16-32-27-22(24)19-12-8-14-25-23(19)33-18-10-4-3-5-11-18/h3-14H,15-16H2,1-2H3,(H2,24,27)(H,26,29). The van der Waals surface area contributed by atoms with E-state index < -0.39 is 22.5 Å². The number of nitrogens with two attached hydrogens (primary N) is 1. The number of rotatable bonds is 10. The number of amidine groups is 1. The molecule has 0 fully saturated rings. The van der Waals surface area contributed by atoms with Crippen LogP contribution in [-0.2, 0) is 26.2 Å². The van der Waals surface area contributed by atoms with Gasteiger partial charge in [0.2, 0.25) is 15.9 Å². The lowest BCUT2D eigenvalue weighted by atomic mass is 10.2. The molecular weight excluding hydrogens is 458 g/mol. The molecule has 3 rings (SSSR count). The molecule has 1 aromatic heterocycles. The Kier molecular flexibility index (Phi) is 8.17. The lowest BCUT2D eigenvalue weighted by Gasteiger charge is -2.15. The summed E-state index contributed by atoms with van der Waals surface area (Å²) < 4.78 is 31.8. The largest absolute Gasteiger partial charge is 0.438 e. The Morgan fingerprint density at radius 2 is 1.76 bits per heavy atom. The maximum absolute atomic E-state index is 12.5. The molecule has 0 unspecified atom stereocenters. The minimum atomic E-state index is -3.65. The summed E-state index contributed by atoms with van der Waals surface area (Å²) in [6, 6.07) is 18.8. The molecule has 1 amide bonds. The van der Waals surface area contributed by atoms with E-state index in [-0.39, 0.29) is 23.2 Å². The van der Waals surface area contributed by atoms with E-state index in [2.05, 4.69) is 15.5 Å². The first-order valence-corrected chi connectivity index (χ1v) is 11.6. The number of sulfonamides is 1. The van der Waals surface area contributed by atoms with Gasteiger partial charge in [-0.2, -0.15) is 0 Å². The van der Waals surface area contributed by atoms with Crippen LogP contribution in [0.4, 0.5) is 0 Å². The molecule has 0 saturated carbocycles. The first kappa shape index (κ1) is 24.7. The molecule has 0 bridgehead atoms. The predicted octanol–water partition coefficient (Wildman–Crippen LogP) is 2.08. The first-order chi connectivity index (χ1) is 16.3. The second-order valence-electron chi connectivity index (χ2n) is 7.19. The van der Waals surface area contributed by atoms with Gasteiger partial charge in [0.05, 0.1) is 10.5 Å². The number of para-hydroxylation sites is 1. The second-order valence-corrected chi connectivity index (χ2v) is 9.31. The van der Waals surface area contributed by atoms with Crippen LogP contribution >= 0.6 is 0 Å². The number of pyridine rings is 1. The number of carbonyl (C=O) groups is 1. The fourth-order valence-electron chi connectivity index (χ4n) is 2.82. The molecule has 0 radical (unpaired) electrons. The van der Waals surface area contributed by atoms with Crippen molar-refractivity contribution in [3.05, 3.63) is 84.1 Å². The number of carbonyl (C=O) groups excluding carboxylic acids is 1. The second kappa shape index (κ2) is 11.3. The normalized spacial score (nSPS) is 11.8. The number of oxime groups is 1. The van der Waals surface area contributed by atoms with Crippen molar-refractivity contribution in [2.45, 2.75) is 11.4 Å². The number of benzene rings is 2. The zero-order chi connectivity index (χ0) is 24.6. The average molecular weight is 484 g/mol. The van der Waals surface area contributed by atoms with Gasteiger partial charge < -0.3 is 20.6 Å². The van der Waals surface area contributed by atoms with Crippen molar-refractivity contribution in [1.29, 1.82) is 0 Å². The number of ether oxygens (including phenoxy) is 1. The maximum Gasteiger partial charge on any atom is 0.261 e. The van der Waals surface area contributed by atoms with Gasteiger partial charge in [-0.3, -0.25) is 4.79 Å². The number of amides is 1. The smallest absolute Gasteiger partial charge is 0.261 e. The van der Waals surface area contributed by atoms with Gasteiger partial charge in [0.1, 0.15) is 5.75 Å². The Bertz CT molecular complexity index is 1260. The topological polar surface area (TPSA) is 136 Å². The lowest BCUT2D eigenvalue weighted by molar-refractivity contribution is -0.125. The summed E-state index contributed by atoms with van der Waals surface area (Å²) in [5.41, 5.74) is 6.85. The van der Waals surface area contributed by atoms with Gasteiger partial charge in [0.15, 0.2) is 12.4 Å². The van der Waals surface area contributed by atoms with Crippen LogP contribution in [0.15, 0.2) is 83.0 Å². The Labute approximate surface area is 198 Å². The highest BCUT2D eigenvalue weighted by molar-refractivity contribution is 7.89. The van der Waals surface area contributed by atoms with Gasteiger partial charge in [-0.1, -0.05) is 41.6 Å². The zero-order valence-electron chi connectivity index (χ0n) is 18.7. The van der Waals surface area contributed by atoms with Crippen molar-refractivity contribution in [2.75, 3.05) is 20.7 Å². The zero-order valence-corrected chi connectivity index (χ0v) is 19.5. The minimum Gasteiger partial charge on any atom is -0.438 e. The van der Waals surface area contributed by atoms with E-state index >= 15 is 0 Å². The molecule has 1 heterocycles. The molecule has 0 aliphatic heterocycles. The third-order valence-electron chi connectivity index (χ3n) is 4.57. The molecule has 0 aliphatic rings. The molecule has 0 aliphatic carbocycles. The third-order valence-corrected chi connectivity index (χ3v) is 6.49. The Hall–Kier alpha value is -3.96. The van der Waals surface area contributed by atoms with Crippen molar-refractivity contribution < 1.29 is 22.8 Å². The van der Waals surface area contributed by atoms with Crippen LogP contribution in [0.2, 0.25) is 0 Å². The Morgan fingerprint density at radius 1 is 1.06 bits per heavy atom. The van der Waals surface area contributed by atoms with Gasteiger partial charge in [-0.25, -0.2) is 17.7 Å². The highest BCUT2D eigenvalue weighted by atomic mass is 32.2. The minimum absolute atomic E-state index is 0.00228. The molecule has 3 N–H and O–H groups in total. The van der Waals surface area contributed by atoms with E-state index in [1.165, 1.54) is 20.2 Å². The van der Waals surface area contributed by atoms with E-state index in [1.54, 1.807) is 48.7 Å². The number of hydrogen-bond acceptors (Lipinski definition) is 7. The number of nitrogens with one attached hydrogen (secondary N) is 1. The predicted molar refractivity (Wildman–Crippen MR) is 127 cm³/mol. The van der Waals surface area contributed by atoms with Crippen molar-refractivity contribution >= 4 is 21.8 Å². The van der Waals surface area contributed by atoms with Crippen LogP contribution in [0.25, 0.3) is 0 Å². The fraction of sp³-hybridized carbons (Fsp3) is 0.174. The molecule has 3 aromatic rings. The van der Waals surface area contributed by atoms with E-state index in [0.717, 1.165) is 4.31 Å².